The van der Waals surface area contributed by atoms with Crippen LogP contribution in [-0.4, -0.2) is 36.4 Å². The molecule has 1 atom stereocenters. The fourth-order valence-corrected chi connectivity index (χ4v) is 13.8. The highest BCUT2D eigenvalue weighted by Gasteiger charge is 2.16. The monoisotopic (exact) mass is 1290 g/mol. The van der Waals surface area contributed by atoms with Gasteiger partial charge in [-0.15, -0.1) is 0 Å². The third kappa shape index (κ3) is 80.8. The first-order valence-electron chi connectivity index (χ1n) is 42.9. The Labute approximate surface area is 578 Å². The second-order valence-corrected chi connectivity index (χ2v) is 29.6. The molecule has 0 amide bonds. The van der Waals surface area contributed by atoms with Crippen molar-refractivity contribution in [1.82, 2.24) is 0 Å². The molecule has 0 spiro atoms. The molecule has 92 heavy (non-hydrogen) atoms. The summed E-state index contributed by atoms with van der Waals surface area (Å²) >= 11 is 0. The van der Waals surface area contributed by atoms with Crippen LogP contribution in [0.1, 0.15) is 502 Å². The van der Waals surface area contributed by atoms with Gasteiger partial charge in [0.05, 0.1) is 6.61 Å². The summed E-state index contributed by atoms with van der Waals surface area (Å²) in [6, 6.07) is 0. The molecular weight excluding hydrogens is 1120 g/mol. The normalized spacial score (nSPS) is 12.2. The van der Waals surface area contributed by atoms with Gasteiger partial charge in [0, 0.05) is 12.8 Å². The van der Waals surface area contributed by atoms with Crippen molar-refractivity contribution < 1.29 is 24.2 Å². The fraction of sp³-hybridized carbons (Fsp3) is 0.931. The zero-order valence-electron chi connectivity index (χ0n) is 63.1. The Hall–Kier alpha value is -1.62. The Morgan fingerprint density at radius 2 is 0.435 bits per heavy atom. The van der Waals surface area contributed by atoms with Crippen LogP contribution in [0, 0.1) is 0 Å². The maximum absolute atomic E-state index is 12.4. The number of carbonyl (C=O) groups excluding carboxylic acids is 2. The van der Waals surface area contributed by atoms with Crippen molar-refractivity contribution in [3.05, 3.63) is 24.3 Å². The molecule has 0 radical (unpaired) electrons. The van der Waals surface area contributed by atoms with E-state index in [2.05, 4.69) is 38.2 Å². The Kier molecular flexibility index (Phi) is 82.1. The summed E-state index contributed by atoms with van der Waals surface area (Å²) in [6.07, 6.45) is 112. The van der Waals surface area contributed by atoms with Crippen molar-refractivity contribution in [2.45, 2.75) is 508 Å². The fourth-order valence-electron chi connectivity index (χ4n) is 13.8. The molecule has 0 saturated carbocycles. The van der Waals surface area contributed by atoms with E-state index in [0.29, 0.717) is 12.8 Å². The average Bonchev–Trinajstić information content (AvgIpc) is 3.70. The van der Waals surface area contributed by atoms with E-state index in [9.17, 15) is 14.7 Å². The van der Waals surface area contributed by atoms with E-state index < -0.39 is 6.10 Å². The smallest absolute Gasteiger partial charge is 0.306 e. The lowest BCUT2D eigenvalue weighted by atomic mass is 10.0. The molecule has 546 valence electrons. The molecule has 5 heteroatoms. The van der Waals surface area contributed by atoms with Gasteiger partial charge in [-0.2, -0.15) is 0 Å². The molecule has 0 aromatic carbocycles. The number of carbonyl (C=O) groups is 2. The second kappa shape index (κ2) is 83.6. The zero-order valence-corrected chi connectivity index (χ0v) is 63.1. The molecule has 0 aliphatic carbocycles. The Bertz CT molecular complexity index is 1420. The predicted octanol–water partition coefficient (Wildman–Crippen LogP) is 30.2. The lowest BCUT2D eigenvalue weighted by Gasteiger charge is -2.15. The summed E-state index contributed by atoms with van der Waals surface area (Å²) in [5, 5.41) is 9.74. The maximum Gasteiger partial charge on any atom is 0.306 e. The first-order chi connectivity index (χ1) is 45.6. The van der Waals surface area contributed by atoms with Crippen molar-refractivity contribution in [3.63, 3.8) is 0 Å². The standard InChI is InChI=1S/C87H168O5/c1-3-5-7-9-11-13-15-17-19-21-23-25-27-29-31-33-35-37-39-41-42-43-44-46-47-49-51-53-55-57-59-61-63-65-67-69-71-73-75-77-79-81-86(89)91-84-85(83-88)92-87(90)82-80-78-76-74-72-70-68-66-64-62-60-58-56-54-52-50-48-45-40-38-36-34-32-30-28-26-24-22-20-18-16-14-12-10-8-6-4-2/h16,18,22,24,85,88H,3-15,17,19-21,23,25-84H2,1-2H3/b18-16-,24-22-. The van der Waals surface area contributed by atoms with Gasteiger partial charge in [-0.1, -0.05) is 468 Å². The molecule has 0 heterocycles. The number of rotatable bonds is 82. The van der Waals surface area contributed by atoms with Gasteiger partial charge in [-0.05, 0) is 44.9 Å². The molecule has 0 fully saturated rings. The number of ether oxygens (including phenoxy) is 2. The van der Waals surface area contributed by atoms with Crippen molar-refractivity contribution in [3.8, 4) is 0 Å². The molecule has 0 rings (SSSR count). The van der Waals surface area contributed by atoms with Gasteiger partial charge in [-0.25, -0.2) is 0 Å². The van der Waals surface area contributed by atoms with Crippen LogP contribution >= 0.6 is 0 Å². The minimum absolute atomic E-state index is 0.0567. The van der Waals surface area contributed by atoms with Crippen LogP contribution in [0.3, 0.4) is 0 Å². The molecule has 0 aromatic rings. The van der Waals surface area contributed by atoms with E-state index in [1.165, 1.54) is 437 Å². The van der Waals surface area contributed by atoms with Crippen LogP contribution in [0.2, 0.25) is 0 Å². The Balaban J connectivity index is 3.33. The van der Waals surface area contributed by atoms with E-state index >= 15 is 0 Å². The van der Waals surface area contributed by atoms with Crippen LogP contribution < -0.4 is 0 Å². The average molecular weight is 1290 g/mol. The zero-order chi connectivity index (χ0) is 66.1. The maximum atomic E-state index is 12.4. The molecule has 5 nitrogen and oxygen atoms in total. The Morgan fingerprint density at radius 1 is 0.250 bits per heavy atom. The topological polar surface area (TPSA) is 72.8 Å². The van der Waals surface area contributed by atoms with Crippen LogP contribution in [0.15, 0.2) is 24.3 Å². The highest BCUT2D eigenvalue weighted by atomic mass is 16.6. The summed E-state index contributed by atoms with van der Waals surface area (Å²) in [5.41, 5.74) is 0. The minimum atomic E-state index is -0.769. The highest BCUT2D eigenvalue weighted by molar-refractivity contribution is 5.70. The van der Waals surface area contributed by atoms with E-state index in [-0.39, 0.29) is 25.2 Å². The largest absolute Gasteiger partial charge is 0.462 e. The summed E-state index contributed by atoms with van der Waals surface area (Å²) in [4.78, 5) is 24.7. The van der Waals surface area contributed by atoms with Gasteiger partial charge in [0.1, 0.15) is 6.61 Å². The quantitative estimate of drug-likeness (QED) is 0.0373. The second-order valence-electron chi connectivity index (χ2n) is 29.6. The predicted molar refractivity (Wildman–Crippen MR) is 408 cm³/mol. The minimum Gasteiger partial charge on any atom is -0.462 e. The SMILES string of the molecule is CCCCCCC/C=C\C/C=C\CCCCCCCCCCCCCCCCCCCCCCCCCCCC(=O)OC(CO)COC(=O)CCCCCCCCCCCCCCCCCCCCCCCCCCCCCCCCCCCCCCCCCCC. The summed E-state index contributed by atoms with van der Waals surface area (Å²) in [6.45, 7) is 4.21. The van der Waals surface area contributed by atoms with Crippen molar-refractivity contribution in [1.29, 1.82) is 0 Å². The third-order valence-electron chi connectivity index (χ3n) is 20.2. The number of esters is 2. The lowest BCUT2D eigenvalue weighted by molar-refractivity contribution is -0.161. The van der Waals surface area contributed by atoms with Crippen molar-refractivity contribution in [2.75, 3.05) is 13.2 Å². The number of aliphatic hydroxyl groups excluding tert-OH is 1. The van der Waals surface area contributed by atoms with Gasteiger partial charge in [0.25, 0.3) is 0 Å². The van der Waals surface area contributed by atoms with Gasteiger partial charge >= 0.3 is 11.9 Å². The van der Waals surface area contributed by atoms with Crippen LogP contribution in [0.5, 0.6) is 0 Å². The summed E-state index contributed by atoms with van der Waals surface area (Å²) < 4.78 is 10.8. The molecule has 0 saturated heterocycles. The number of aliphatic hydroxyl groups is 1. The summed E-state index contributed by atoms with van der Waals surface area (Å²) in [7, 11) is 0. The number of allylic oxidation sites excluding steroid dienone is 4. The van der Waals surface area contributed by atoms with E-state index in [0.717, 1.165) is 38.5 Å². The molecular formula is C87H168O5. The van der Waals surface area contributed by atoms with Crippen LogP contribution in [-0.2, 0) is 19.1 Å². The van der Waals surface area contributed by atoms with E-state index in [1.54, 1.807) is 0 Å². The van der Waals surface area contributed by atoms with Crippen molar-refractivity contribution in [2.24, 2.45) is 0 Å². The summed E-state index contributed by atoms with van der Waals surface area (Å²) in [5.74, 6) is -0.558. The first kappa shape index (κ1) is 90.4. The van der Waals surface area contributed by atoms with Gasteiger partial charge < -0.3 is 14.6 Å². The highest BCUT2D eigenvalue weighted by Crippen LogP contribution is 2.21. The van der Waals surface area contributed by atoms with Gasteiger partial charge in [0.2, 0.25) is 0 Å². The molecule has 0 aliphatic heterocycles. The first-order valence-corrected chi connectivity index (χ1v) is 42.9. The van der Waals surface area contributed by atoms with Crippen LogP contribution in [0.25, 0.3) is 0 Å². The van der Waals surface area contributed by atoms with Gasteiger partial charge in [-0.3, -0.25) is 9.59 Å². The molecule has 0 aliphatic rings. The third-order valence-corrected chi connectivity index (χ3v) is 20.2. The Morgan fingerprint density at radius 3 is 0.641 bits per heavy atom. The van der Waals surface area contributed by atoms with E-state index in [1.807, 2.05) is 0 Å². The van der Waals surface area contributed by atoms with E-state index in [4.69, 9.17) is 9.47 Å². The van der Waals surface area contributed by atoms with Crippen LogP contribution in [0.4, 0.5) is 0 Å². The number of hydrogen-bond donors (Lipinski definition) is 1. The number of unbranched alkanes of at least 4 members (excludes halogenated alkanes) is 70. The molecule has 1 unspecified atom stereocenters. The van der Waals surface area contributed by atoms with Crippen molar-refractivity contribution >= 4 is 11.9 Å². The number of hydrogen-bond acceptors (Lipinski definition) is 5. The molecule has 0 aromatic heterocycles. The molecule has 1 N–H and O–H groups in total. The molecule has 0 bridgehead atoms. The lowest BCUT2D eigenvalue weighted by Crippen LogP contribution is -2.28. The van der Waals surface area contributed by atoms with Gasteiger partial charge in [0.15, 0.2) is 6.10 Å².